The van der Waals surface area contributed by atoms with Crippen molar-refractivity contribution in [2.24, 2.45) is 0 Å². The minimum atomic E-state index is -0.815. The fraction of sp³-hybridized carbons (Fsp3) is 0.667. The van der Waals surface area contributed by atoms with Crippen LogP contribution in [0.25, 0.3) is 0 Å². The standard InChI is InChI=1S/C9H15N3O2S/c1-3-5-7-10-9(12-11-7)15-6(4-2)8(13)14/h6H,3-5H2,1-2H3,(H,13,14)(H,10,11,12)/t6-/m1/s1. The quantitative estimate of drug-likeness (QED) is 0.726. The predicted molar refractivity (Wildman–Crippen MR) is 57.9 cm³/mol. The van der Waals surface area contributed by atoms with Crippen LogP contribution in [0.5, 0.6) is 0 Å². The van der Waals surface area contributed by atoms with E-state index in [1.165, 1.54) is 11.8 Å². The van der Waals surface area contributed by atoms with Crippen LogP contribution < -0.4 is 0 Å². The van der Waals surface area contributed by atoms with E-state index in [0.29, 0.717) is 11.6 Å². The molecule has 2 N–H and O–H groups in total. The molecule has 0 bridgehead atoms. The van der Waals surface area contributed by atoms with Gasteiger partial charge in [0.15, 0.2) is 0 Å². The van der Waals surface area contributed by atoms with E-state index < -0.39 is 11.2 Å². The third-order valence-corrected chi connectivity index (χ3v) is 3.10. The Balaban J connectivity index is 2.59. The zero-order chi connectivity index (χ0) is 11.3. The average molecular weight is 229 g/mol. The summed E-state index contributed by atoms with van der Waals surface area (Å²) in [6.45, 7) is 3.90. The molecular formula is C9H15N3O2S. The summed E-state index contributed by atoms with van der Waals surface area (Å²) in [7, 11) is 0. The number of nitrogens with one attached hydrogen (secondary N) is 1. The molecule has 0 aromatic carbocycles. The molecule has 1 aromatic heterocycles. The number of aliphatic carboxylic acids is 1. The van der Waals surface area contributed by atoms with Crippen LogP contribution in [0.2, 0.25) is 0 Å². The molecule has 0 fully saturated rings. The monoisotopic (exact) mass is 229 g/mol. The van der Waals surface area contributed by atoms with Crippen molar-refractivity contribution in [3.8, 4) is 0 Å². The number of aryl methyl sites for hydroxylation is 1. The van der Waals surface area contributed by atoms with Gasteiger partial charge in [-0.15, -0.1) is 5.10 Å². The summed E-state index contributed by atoms with van der Waals surface area (Å²) in [5.41, 5.74) is 0. The highest BCUT2D eigenvalue weighted by Gasteiger charge is 2.18. The molecule has 0 spiro atoms. The Kier molecular flexibility index (Phi) is 4.61. The van der Waals surface area contributed by atoms with Crippen LogP contribution in [-0.4, -0.2) is 31.5 Å². The minimum Gasteiger partial charge on any atom is -0.480 e. The Morgan fingerprint density at radius 1 is 1.60 bits per heavy atom. The highest BCUT2D eigenvalue weighted by Crippen LogP contribution is 2.21. The summed E-state index contributed by atoms with van der Waals surface area (Å²) >= 11 is 1.19. The van der Waals surface area contributed by atoms with E-state index in [4.69, 9.17) is 5.11 Å². The number of nitrogens with zero attached hydrogens (tertiary/aromatic N) is 2. The van der Waals surface area contributed by atoms with Crippen LogP contribution in [0.1, 0.15) is 32.5 Å². The minimum absolute atomic E-state index is 0.463. The lowest BCUT2D eigenvalue weighted by Gasteiger charge is -2.04. The Bertz CT molecular complexity index is 327. The molecule has 1 heterocycles. The number of carboxylic acid groups (broad SMARTS) is 1. The molecule has 5 nitrogen and oxygen atoms in total. The lowest BCUT2D eigenvalue weighted by molar-refractivity contribution is -0.136. The van der Waals surface area contributed by atoms with Gasteiger partial charge in [-0.25, -0.2) is 4.98 Å². The molecule has 1 atom stereocenters. The zero-order valence-corrected chi connectivity index (χ0v) is 9.67. The summed E-state index contributed by atoms with van der Waals surface area (Å²) in [4.78, 5) is 15.0. The first-order chi connectivity index (χ1) is 7.17. The van der Waals surface area contributed by atoms with Crippen LogP contribution in [0.3, 0.4) is 0 Å². The van der Waals surface area contributed by atoms with Crippen LogP contribution in [-0.2, 0) is 11.2 Å². The van der Waals surface area contributed by atoms with Gasteiger partial charge >= 0.3 is 5.97 Å². The topological polar surface area (TPSA) is 78.9 Å². The van der Waals surface area contributed by atoms with Crippen molar-refractivity contribution in [3.63, 3.8) is 0 Å². The predicted octanol–water partition coefficient (Wildman–Crippen LogP) is 1.71. The number of aromatic amines is 1. The van der Waals surface area contributed by atoms with Crippen molar-refractivity contribution in [1.82, 2.24) is 15.2 Å². The van der Waals surface area contributed by atoms with Gasteiger partial charge in [-0.2, -0.15) is 0 Å². The normalized spacial score (nSPS) is 12.7. The lowest BCUT2D eigenvalue weighted by Crippen LogP contribution is -2.14. The smallest absolute Gasteiger partial charge is 0.317 e. The van der Waals surface area contributed by atoms with Crippen molar-refractivity contribution in [1.29, 1.82) is 0 Å². The molecule has 1 rings (SSSR count). The first-order valence-corrected chi connectivity index (χ1v) is 5.86. The van der Waals surface area contributed by atoms with Crippen molar-refractivity contribution < 1.29 is 9.90 Å². The molecular weight excluding hydrogens is 214 g/mol. The SMILES string of the molecule is CCCc1nc(S[C@H](CC)C(=O)O)n[nH]1. The summed E-state index contributed by atoms with van der Waals surface area (Å²) < 4.78 is 0. The second-order valence-electron chi connectivity index (χ2n) is 3.17. The number of hydrogen-bond acceptors (Lipinski definition) is 4. The molecule has 0 aliphatic rings. The van der Waals surface area contributed by atoms with Gasteiger partial charge < -0.3 is 5.11 Å². The van der Waals surface area contributed by atoms with E-state index in [2.05, 4.69) is 22.1 Å². The number of carbonyl (C=O) groups is 1. The molecule has 0 aliphatic carbocycles. The van der Waals surface area contributed by atoms with E-state index in [1.807, 2.05) is 6.92 Å². The van der Waals surface area contributed by atoms with E-state index in [9.17, 15) is 4.79 Å². The van der Waals surface area contributed by atoms with Gasteiger partial charge in [0, 0.05) is 6.42 Å². The third kappa shape index (κ3) is 3.54. The van der Waals surface area contributed by atoms with E-state index >= 15 is 0 Å². The molecule has 0 radical (unpaired) electrons. The lowest BCUT2D eigenvalue weighted by atomic mass is 10.3. The van der Waals surface area contributed by atoms with Crippen molar-refractivity contribution >= 4 is 17.7 Å². The number of H-pyrrole nitrogens is 1. The van der Waals surface area contributed by atoms with Gasteiger partial charge in [0.2, 0.25) is 5.16 Å². The van der Waals surface area contributed by atoms with Crippen LogP contribution >= 0.6 is 11.8 Å². The fourth-order valence-corrected chi connectivity index (χ4v) is 1.90. The van der Waals surface area contributed by atoms with Gasteiger partial charge in [0.05, 0.1) is 0 Å². The number of aromatic nitrogens is 3. The van der Waals surface area contributed by atoms with Crippen molar-refractivity contribution in [3.05, 3.63) is 5.82 Å². The van der Waals surface area contributed by atoms with Crippen LogP contribution in [0, 0.1) is 0 Å². The molecule has 0 saturated carbocycles. The summed E-state index contributed by atoms with van der Waals surface area (Å²) in [5, 5.41) is 15.7. The number of rotatable bonds is 6. The number of hydrogen-bond donors (Lipinski definition) is 2. The highest BCUT2D eigenvalue weighted by atomic mass is 32.2. The van der Waals surface area contributed by atoms with E-state index in [-0.39, 0.29) is 0 Å². The maximum absolute atomic E-state index is 10.8. The van der Waals surface area contributed by atoms with Crippen LogP contribution in [0.15, 0.2) is 5.16 Å². The third-order valence-electron chi connectivity index (χ3n) is 1.89. The second-order valence-corrected chi connectivity index (χ2v) is 4.34. The molecule has 0 aliphatic heterocycles. The van der Waals surface area contributed by atoms with E-state index in [1.54, 1.807) is 0 Å². The van der Waals surface area contributed by atoms with E-state index in [0.717, 1.165) is 18.7 Å². The maximum atomic E-state index is 10.8. The first-order valence-electron chi connectivity index (χ1n) is 4.98. The molecule has 0 saturated heterocycles. The second kappa shape index (κ2) is 5.75. The van der Waals surface area contributed by atoms with Crippen molar-refractivity contribution in [2.45, 2.75) is 43.5 Å². The first kappa shape index (κ1) is 12.0. The Labute approximate surface area is 92.7 Å². The number of carboxylic acids is 1. The Morgan fingerprint density at radius 2 is 2.33 bits per heavy atom. The van der Waals surface area contributed by atoms with Gasteiger partial charge in [-0.1, -0.05) is 25.6 Å². The Morgan fingerprint density at radius 3 is 2.87 bits per heavy atom. The molecule has 6 heteroatoms. The van der Waals surface area contributed by atoms with Gasteiger partial charge in [-0.3, -0.25) is 9.89 Å². The zero-order valence-electron chi connectivity index (χ0n) is 8.86. The number of thioether (sulfide) groups is 1. The average Bonchev–Trinajstić information content (AvgIpc) is 2.62. The summed E-state index contributed by atoms with van der Waals surface area (Å²) in [5.74, 6) is 0.00424. The fourth-order valence-electron chi connectivity index (χ4n) is 1.11. The molecule has 0 amide bonds. The molecule has 1 aromatic rings. The summed E-state index contributed by atoms with van der Waals surface area (Å²) in [6.07, 6.45) is 2.41. The highest BCUT2D eigenvalue weighted by molar-refractivity contribution is 8.00. The van der Waals surface area contributed by atoms with Gasteiger partial charge in [0.1, 0.15) is 11.1 Å². The van der Waals surface area contributed by atoms with Gasteiger partial charge in [-0.05, 0) is 12.8 Å². The molecule has 15 heavy (non-hydrogen) atoms. The van der Waals surface area contributed by atoms with Crippen LogP contribution in [0.4, 0.5) is 0 Å². The maximum Gasteiger partial charge on any atom is 0.317 e. The molecule has 84 valence electrons. The molecule has 0 unspecified atom stereocenters. The summed E-state index contributed by atoms with van der Waals surface area (Å²) in [6, 6.07) is 0. The van der Waals surface area contributed by atoms with Gasteiger partial charge in [0.25, 0.3) is 0 Å². The Hall–Kier alpha value is -1.04. The van der Waals surface area contributed by atoms with Crippen molar-refractivity contribution in [2.75, 3.05) is 0 Å². The largest absolute Gasteiger partial charge is 0.480 e.